The number of nitro groups is 1. The summed E-state index contributed by atoms with van der Waals surface area (Å²) < 4.78 is 6.18. The van der Waals surface area contributed by atoms with Gasteiger partial charge in [0.15, 0.2) is 4.32 Å². The molecular weight excluding hydrogens is 396 g/mol. The average Bonchev–Trinajstić information content (AvgIpc) is 3.27. The third kappa shape index (κ3) is 3.35. The number of anilines is 1. The molecule has 2 heterocycles. The van der Waals surface area contributed by atoms with Crippen LogP contribution in [-0.2, 0) is 4.79 Å². The van der Waals surface area contributed by atoms with Gasteiger partial charge in [-0.2, -0.15) is 0 Å². The maximum atomic E-state index is 12.8. The summed E-state index contributed by atoms with van der Waals surface area (Å²) in [5, 5.41) is 11.2. The Morgan fingerprint density at radius 1 is 1.04 bits per heavy atom. The number of rotatable bonds is 4. The fraction of sp³-hybridized carbons (Fsp3) is 0. The quantitative estimate of drug-likeness (QED) is 0.254. The Labute approximate surface area is 169 Å². The van der Waals surface area contributed by atoms with Crippen LogP contribution in [0, 0.1) is 10.1 Å². The van der Waals surface area contributed by atoms with E-state index < -0.39 is 4.92 Å². The summed E-state index contributed by atoms with van der Waals surface area (Å²) in [5.74, 6) is 0.545. The first-order valence-electron chi connectivity index (χ1n) is 8.21. The molecule has 0 atom stereocenters. The summed E-state index contributed by atoms with van der Waals surface area (Å²) >= 11 is 6.53. The summed E-state index contributed by atoms with van der Waals surface area (Å²) in [6, 6.07) is 18.8. The van der Waals surface area contributed by atoms with E-state index in [-0.39, 0.29) is 11.6 Å². The highest BCUT2D eigenvalue weighted by Crippen LogP contribution is 2.37. The summed E-state index contributed by atoms with van der Waals surface area (Å²) in [6.07, 6.45) is 1.60. The number of carbonyl (C=O) groups is 1. The Morgan fingerprint density at radius 3 is 2.50 bits per heavy atom. The molecule has 1 amide bonds. The number of carbonyl (C=O) groups excluding carboxylic acids is 1. The van der Waals surface area contributed by atoms with Gasteiger partial charge in [-0.1, -0.05) is 54.3 Å². The molecule has 0 radical (unpaired) electrons. The Balaban J connectivity index is 1.64. The molecule has 6 nitrogen and oxygen atoms in total. The third-order valence-corrected chi connectivity index (χ3v) is 5.38. The van der Waals surface area contributed by atoms with Crippen LogP contribution in [0.4, 0.5) is 11.4 Å². The zero-order valence-corrected chi connectivity index (χ0v) is 15.9. The molecule has 28 heavy (non-hydrogen) atoms. The van der Waals surface area contributed by atoms with Gasteiger partial charge in [0, 0.05) is 12.1 Å². The first-order valence-corrected chi connectivity index (χ1v) is 9.44. The lowest BCUT2D eigenvalue weighted by Crippen LogP contribution is -2.27. The highest BCUT2D eigenvalue weighted by molar-refractivity contribution is 8.27. The molecule has 0 saturated carbocycles. The van der Waals surface area contributed by atoms with E-state index >= 15 is 0 Å². The topological polar surface area (TPSA) is 76.6 Å². The van der Waals surface area contributed by atoms with E-state index in [4.69, 9.17) is 16.6 Å². The third-order valence-electron chi connectivity index (χ3n) is 4.07. The van der Waals surface area contributed by atoms with Gasteiger partial charge in [0.1, 0.15) is 11.5 Å². The summed E-state index contributed by atoms with van der Waals surface area (Å²) in [7, 11) is 0. The van der Waals surface area contributed by atoms with E-state index in [1.54, 1.807) is 36.4 Å². The lowest BCUT2D eigenvalue weighted by molar-refractivity contribution is -0.384. The van der Waals surface area contributed by atoms with Crippen LogP contribution >= 0.6 is 24.0 Å². The molecule has 1 saturated heterocycles. The molecule has 4 rings (SSSR count). The summed E-state index contributed by atoms with van der Waals surface area (Å²) in [4.78, 5) is 25.4. The Kier molecular flexibility index (Phi) is 4.81. The summed E-state index contributed by atoms with van der Waals surface area (Å²) in [6.45, 7) is 0. The Morgan fingerprint density at radius 2 is 1.75 bits per heavy atom. The molecule has 0 unspecified atom stereocenters. The standard InChI is InChI=1S/C20H12N2O4S2/c23-19-18(28-20(27)21(19)13-6-2-1-3-7-13)12-14-10-11-17(26-14)15-8-4-5-9-16(15)22(24)25/h1-12H/b18-12+. The number of nitro benzene ring substituents is 1. The lowest BCUT2D eigenvalue weighted by atomic mass is 10.1. The van der Waals surface area contributed by atoms with Crippen LogP contribution in [0.25, 0.3) is 17.4 Å². The maximum Gasteiger partial charge on any atom is 0.280 e. The molecule has 1 aromatic heterocycles. The van der Waals surface area contributed by atoms with Crippen molar-refractivity contribution in [3.8, 4) is 11.3 Å². The van der Waals surface area contributed by atoms with Crippen molar-refractivity contribution >= 4 is 51.7 Å². The lowest BCUT2D eigenvalue weighted by Gasteiger charge is -2.13. The average molecular weight is 408 g/mol. The second kappa shape index (κ2) is 7.41. The summed E-state index contributed by atoms with van der Waals surface area (Å²) in [5.41, 5.74) is 1.04. The van der Waals surface area contributed by atoms with Crippen molar-refractivity contribution in [3.63, 3.8) is 0 Å². The van der Waals surface area contributed by atoms with Crippen molar-refractivity contribution in [1.29, 1.82) is 0 Å². The van der Waals surface area contributed by atoms with Crippen LogP contribution in [-0.4, -0.2) is 15.2 Å². The minimum Gasteiger partial charge on any atom is -0.456 e. The molecule has 3 aromatic rings. The van der Waals surface area contributed by atoms with E-state index in [0.717, 1.165) is 0 Å². The fourth-order valence-corrected chi connectivity index (χ4v) is 4.09. The van der Waals surface area contributed by atoms with Crippen LogP contribution in [0.3, 0.4) is 0 Å². The number of benzene rings is 2. The largest absolute Gasteiger partial charge is 0.456 e. The molecule has 0 bridgehead atoms. The normalized spacial score (nSPS) is 15.4. The van der Waals surface area contributed by atoms with Crippen molar-refractivity contribution in [2.45, 2.75) is 0 Å². The number of thioether (sulfide) groups is 1. The minimum absolute atomic E-state index is 0.0428. The predicted molar refractivity (Wildman–Crippen MR) is 113 cm³/mol. The van der Waals surface area contributed by atoms with Crippen molar-refractivity contribution in [3.05, 3.63) is 87.5 Å². The fourth-order valence-electron chi connectivity index (χ4n) is 2.81. The van der Waals surface area contributed by atoms with Gasteiger partial charge in [-0.15, -0.1) is 0 Å². The zero-order valence-electron chi connectivity index (χ0n) is 14.3. The highest BCUT2D eigenvalue weighted by Gasteiger charge is 2.33. The number of para-hydroxylation sites is 2. The van der Waals surface area contributed by atoms with Crippen LogP contribution in [0.15, 0.2) is 76.1 Å². The van der Waals surface area contributed by atoms with Gasteiger partial charge in [-0.05, 0) is 30.3 Å². The Bertz CT molecular complexity index is 1120. The number of nitrogens with zero attached hydrogens (tertiary/aromatic N) is 2. The molecule has 0 spiro atoms. The highest BCUT2D eigenvalue weighted by atomic mass is 32.2. The van der Waals surface area contributed by atoms with Crippen LogP contribution < -0.4 is 4.90 Å². The number of thiocarbonyl (C=S) groups is 1. The van der Waals surface area contributed by atoms with Crippen molar-refractivity contribution in [2.24, 2.45) is 0 Å². The first-order chi connectivity index (χ1) is 13.5. The molecule has 8 heteroatoms. The van der Waals surface area contributed by atoms with Gasteiger partial charge >= 0.3 is 0 Å². The van der Waals surface area contributed by atoms with Crippen molar-refractivity contribution in [2.75, 3.05) is 4.90 Å². The molecule has 0 N–H and O–H groups in total. The molecule has 0 aliphatic carbocycles. The smallest absolute Gasteiger partial charge is 0.280 e. The molecule has 138 valence electrons. The van der Waals surface area contributed by atoms with E-state index in [1.165, 1.54) is 22.7 Å². The van der Waals surface area contributed by atoms with E-state index in [1.807, 2.05) is 30.3 Å². The molecular formula is C20H12N2O4S2. The van der Waals surface area contributed by atoms with Crippen LogP contribution in [0.2, 0.25) is 0 Å². The molecule has 1 fully saturated rings. The molecule has 1 aliphatic rings. The number of hydrogen-bond acceptors (Lipinski definition) is 6. The number of hydrogen-bond donors (Lipinski definition) is 0. The number of furan rings is 1. The molecule has 1 aliphatic heterocycles. The second-order valence-corrected chi connectivity index (χ2v) is 7.50. The van der Waals surface area contributed by atoms with Crippen molar-refractivity contribution in [1.82, 2.24) is 0 Å². The second-order valence-electron chi connectivity index (χ2n) is 5.83. The van der Waals surface area contributed by atoms with Gasteiger partial charge in [0.2, 0.25) is 0 Å². The first kappa shape index (κ1) is 18.1. The van der Waals surface area contributed by atoms with Crippen molar-refractivity contribution < 1.29 is 14.1 Å². The van der Waals surface area contributed by atoms with Crippen LogP contribution in [0.1, 0.15) is 5.76 Å². The van der Waals surface area contributed by atoms with E-state index in [0.29, 0.717) is 32.0 Å². The van der Waals surface area contributed by atoms with Crippen LogP contribution in [0.5, 0.6) is 0 Å². The predicted octanol–water partition coefficient (Wildman–Crippen LogP) is 5.26. The number of amides is 1. The van der Waals surface area contributed by atoms with E-state index in [9.17, 15) is 14.9 Å². The zero-order chi connectivity index (χ0) is 19.7. The van der Waals surface area contributed by atoms with Gasteiger partial charge in [-0.3, -0.25) is 19.8 Å². The maximum absolute atomic E-state index is 12.8. The van der Waals surface area contributed by atoms with Gasteiger partial charge in [-0.25, -0.2) is 0 Å². The van der Waals surface area contributed by atoms with Gasteiger partial charge < -0.3 is 4.42 Å². The van der Waals surface area contributed by atoms with Gasteiger partial charge in [0.25, 0.3) is 11.6 Å². The molecule has 2 aromatic carbocycles. The monoisotopic (exact) mass is 408 g/mol. The SMILES string of the molecule is O=C1/C(=C\c2ccc(-c3ccccc3[N+](=O)[O-])o2)SC(=S)N1c1ccccc1. The minimum atomic E-state index is -0.456. The van der Waals surface area contributed by atoms with E-state index in [2.05, 4.69) is 0 Å². The van der Waals surface area contributed by atoms with Gasteiger partial charge in [0.05, 0.1) is 21.1 Å². The Hall–Kier alpha value is -3.23.